The largest absolute Gasteiger partial charge is 0.455 e. The first-order chi connectivity index (χ1) is 12.2. The minimum absolute atomic E-state index is 0.290. The van der Waals surface area contributed by atoms with Gasteiger partial charge in [0.15, 0.2) is 5.58 Å². The molecule has 7 heteroatoms. The Labute approximate surface area is 146 Å². The number of amides is 2. The minimum atomic E-state index is -0.427. The van der Waals surface area contributed by atoms with Gasteiger partial charge in [0.2, 0.25) is 0 Å². The SMILES string of the molecule is O=C1NC(=O)/C(=C/c2cc3cncc(C#Cc4ccccn4)c3o2)S1. The Morgan fingerprint density at radius 2 is 2.12 bits per heavy atom. The summed E-state index contributed by atoms with van der Waals surface area (Å²) in [7, 11) is 0. The molecule has 1 aliphatic heterocycles. The molecule has 3 aromatic rings. The number of furan rings is 1. The van der Waals surface area contributed by atoms with E-state index in [9.17, 15) is 9.59 Å². The summed E-state index contributed by atoms with van der Waals surface area (Å²) in [5.41, 5.74) is 1.83. The molecule has 0 aromatic carbocycles. The number of hydrogen-bond acceptors (Lipinski definition) is 6. The van der Waals surface area contributed by atoms with Gasteiger partial charge in [-0.15, -0.1) is 0 Å². The van der Waals surface area contributed by atoms with Gasteiger partial charge in [0.1, 0.15) is 11.5 Å². The second kappa shape index (κ2) is 6.26. The van der Waals surface area contributed by atoms with E-state index >= 15 is 0 Å². The van der Waals surface area contributed by atoms with E-state index in [4.69, 9.17) is 4.42 Å². The summed E-state index contributed by atoms with van der Waals surface area (Å²) < 4.78 is 5.79. The zero-order valence-electron chi connectivity index (χ0n) is 12.6. The predicted octanol–water partition coefficient (Wildman–Crippen LogP) is 2.95. The van der Waals surface area contributed by atoms with Gasteiger partial charge in [0.25, 0.3) is 11.1 Å². The number of thioether (sulfide) groups is 1. The number of rotatable bonds is 1. The van der Waals surface area contributed by atoms with Crippen molar-refractivity contribution in [1.29, 1.82) is 0 Å². The van der Waals surface area contributed by atoms with Crippen molar-refractivity contribution in [2.45, 2.75) is 0 Å². The molecule has 0 spiro atoms. The first-order valence-corrected chi connectivity index (χ1v) is 8.06. The van der Waals surface area contributed by atoms with Crippen molar-refractivity contribution in [1.82, 2.24) is 15.3 Å². The fourth-order valence-corrected chi connectivity index (χ4v) is 2.92. The number of nitrogens with one attached hydrogen (secondary N) is 1. The molecule has 1 aliphatic rings. The lowest BCUT2D eigenvalue weighted by atomic mass is 10.2. The lowest BCUT2D eigenvalue weighted by Crippen LogP contribution is -2.17. The molecule has 0 bridgehead atoms. The molecule has 0 unspecified atom stereocenters. The average molecular weight is 347 g/mol. The van der Waals surface area contributed by atoms with Crippen molar-refractivity contribution < 1.29 is 14.0 Å². The highest BCUT2D eigenvalue weighted by Crippen LogP contribution is 2.28. The molecule has 3 aromatic heterocycles. The Morgan fingerprint density at radius 1 is 1.20 bits per heavy atom. The maximum absolute atomic E-state index is 11.6. The molecule has 4 rings (SSSR count). The van der Waals surface area contributed by atoms with Crippen molar-refractivity contribution in [2.24, 2.45) is 0 Å². The van der Waals surface area contributed by atoms with E-state index in [0.717, 1.165) is 17.1 Å². The maximum Gasteiger partial charge on any atom is 0.290 e. The molecular weight excluding hydrogens is 338 g/mol. The highest BCUT2D eigenvalue weighted by molar-refractivity contribution is 8.18. The van der Waals surface area contributed by atoms with E-state index in [2.05, 4.69) is 27.1 Å². The van der Waals surface area contributed by atoms with Gasteiger partial charge in [-0.1, -0.05) is 12.0 Å². The topological polar surface area (TPSA) is 85.1 Å². The summed E-state index contributed by atoms with van der Waals surface area (Å²) >= 11 is 0.840. The second-order valence-corrected chi connectivity index (χ2v) is 6.09. The van der Waals surface area contributed by atoms with Crippen LogP contribution in [0.2, 0.25) is 0 Å². The van der Waals surface area contributed by atoms with Gasteiger partial charge in [0.05, 0.1) is 10.5 Å². The molecule has 0 aliphatic carbocycles. The van der Waals surface area contributed by atoms with Crippen LogP contribution in [0, 0.1) is 11.8 Å². The third-order valence-electron chi connectivity index (χ3n) is 3.35. The number of imide groups is 1. The average Bonchev–Trinajstić information content (AvgIpc) is 3.16. The zero-order valence-corrected chi connectivity index (χ0v) is 13.5. The number of hydrogen-bond donors (Lipinski definition) is 1. The van der Waals surface area contributed by atoms with E-state index in [-0.39, 0.29) is 4.91 Å². The van der Waals surface area contributed by atoms with Crippen LogP contribution in [0.5, 0.6) is 0 Å². The quantitative estimate of drug-likeness (QED) is 0.538. The first kappa shape index (κ1) is 15.2. The lowest BCUT2D eigenvalue weighted by Gasteiger charge is -1.92. The fourth-order valence-electron chi connectivity index (χ4n) is 2.26. The smallest absolute Gasteiger partial charge is 0.290 e. The van der Waals surface area contributed by atoms with Gasteiger partial charge < -0.3 is 4.42 Å². The number of fused-ring (bicyclic) bond motifs is 1. The third kappa shape index (κ3) is 3.16. The van der Waals surface area contributed by atoms with Gasteiger partial charge in [-0.25, -0.2) is 4.98 Å². The van der Waals surface area contributed by atoms with Crippen LogP contribution in [0.1, 0.15) is 17.0 Å². The van der Waals surface area contributed by atoms with E-state index in [1.807, 2.05) is 18.2 Å². The number of aromatic nitrogens is 2. The molecule has 1 N–H and O–H groups in total. The van der Waals surface area contributed by atoms with Crippen LogP contribution in [0.15, 0.2) is 52.2 Å². The van der Waals surface area contributed by atoms with Crippen LogP contribution in [-0.4, -0.2) is 21.1 Å². The molecule has 0 radical (unpaired) electrons. The molecule has 2 amide bonds. The summed E-state index contributed by atoms with van der Waals surface area (Å²) in [6, 6.07) is 7.24. The highest BCUT2D eigenvalue weighted by Gasteiger charge is 2.25. The molecule has 1 fully saturated rings. The van der Waals surface area contributed by atoms with E-state index in [0.29, 0.717) is 22.6 Å². The van der Waals surface area contributed by atoms with Crippen molar-refractivity contribution in [3.63, 3.8) is 0 Å². The Kier molecular flexibility index (Phi) is 3.80. The Bertz CT molecular complexity index is 1090. The number of carbonyl (C=O) groups is 2. The number of pyridine rings is 2. The molecule has 0 atom stereocenters. The predicted molar refractivity (Wildman–Crippen MR) is 93.3 cm³/mol. The molecule has 0 saturated carbocycles. The van der Waals surface area contributed by atoms with Gasteiger partial charge >= 0.3 is 0 Å². The maximum atomic E-state index is 11.6. The summed E-state index contributed by atoms with van der Waals surface area (Å²) in [5.74, 6) is 5.99. The summed E-state index contributed by atoms with van der Waals surface area (Å²) in [6.07, 6.45) is 6.46. The Balaban J connectivity index is 1.72. The van der Waals surface area contributed by atoms with Crippen molar-refractivity contribution in [3.8, 4) is 11.8 Å². The zero-order chi connectivity index (χ0) is 17.2. The number of carbonyl (C=O) groups excluding carboxylic acids is 2. The fraction of sp³-hybridized carbons (Fsp3) is 0. The normalized spacial score (nSPS) is 15.3. The monoisotopic (exact) mass is 347 g/mol. The second-order valence-electron chi connectivity index (χ2n) is 5.07. The van der Waals surface area contributed by atoms with E-state index < -0.39 is 11.1 Å². The first-order valence-electron chi connectivity index (χ1n) is 7.24. The van der Waals surface area contributed by atoms with Crippen LogP contribution < -0.4 is 5.32 Å². The Morgan fingerprint density at radius 3 is 2.88 bits per heavy atom. The Hall–Kier alpha value is -3.37. The van der Waals surface area contributed by atoms with Crippen LogP contribution >= 0.6 is 11.8 Å². The standard InChI is InChI=1S/C18H9N3O3S/c22-17-15(25-18(23)21-17)8-14-7-12-10-19-9-11(16(12)24-14)4-5-13-3-1-2-6-20-13/h1-3,6-10H,(H,21,22,23)/b15-8-. The van der Waals surface area contributed by atoms with Gasteiger partial charge in [0, 0.05) is 30.1 Å². The summed E-state index contributed by atoms with van der Waals surface area (Å²) in [5, 5.41) is 2.57. The van der Waals surface area contributed by atoms with Crippen molar-refractivity contribution in [3.05, 3.63) is 64.8 Å². The molecule has 25 heavy (non-hydrogen) atoms. The van der Waals surface area contributed by atoms with Crippen LogP contribution in [0.4, 0.5) is 4.79 Å². The van der Waals surface area contributed by atoms with Crippen LogP contribution in [0.3, 0.4) is 0 Å². The highest BCUT2D eigenvalue weighted by atomic mass is 32.2. The van der Waals surface area contributed by atoms with Crippen LogP contribution in [-0.2, 0) is 4.79 Å². The van der Waals surface area contributed by atoms with Crippen molar-refractivity contribution in [2.75, 3.05) is 0 Å². The summed E-state index contributed by atoms with van der Waals surface area (Å²) in [6.45, 7) is 0. The molecule has 4 heterocycles. The van der Waals surface area contributed by atoms with E-state index in [1.165, 1.54) is 6.08 Å². The van der Waals surface area contributed by atoms with Gasteiger partial charge in [-0.05, 0) is 35.9 Å². The summed E-state index contributed by atoms with van der Waals surface area (Å²) in [4.78, 5) is 31.4. The molecule has 6 nitrogen and oxygen atoms in total. The molecule has 1 saturated heterocycles. The molecular formula is C18H9N3O3S. The van der Waals surface area contributed by atoms with Gasteiger partial charge in [-0.3, -0.25) is 19.9 Å². The third-order valence-corrected chi connectivity index (χ3v) is 4.16. The molecule has 120 valence electrons. The van der Waals surface area contributed by atoms with Crippen molar-refractivity contribution >= 4 is 40.0 Å². The minimum Gasteiger partial charge on any atom is -0.455 e. The van der Waals surface area contributed by atoms with Gasteiger partial charge in [-0.2, -0.15) is 0 Å². The van der Waals surface area contributed by atoms with Crippen LogP contribution in [0.25, 0.3) is 17.0 Å². The lowest BCUT2D eigenvalue weighted by molar-refractivity contribution is -0.115. The number of nitrogens with zero attached hydrogens (tertiary/aromatic N) is 2. The van der Waals surface area contributed by atoms with E-state index in [1.54, 1.807) is 24.7 Å².